The van der Waals surface area contributed by atoms with Gasteiger partial charge in [0, 0.05) is 24.7 Å². The number of nitrogens with two attached hydrogens (primary N) is 1. The summed E-state index contributed by atoms with van der Waals surface area (Å²) in [6.45, 7) is 10.3. The maximum Gasteiger partial charge on any atom is 0.407 e. The fourth-order valence-electron chi connectivity index (χ4n) is 2.99. The van der Waals surface area contributed by atoms with Crippen molar-refractivity contribution in [3.63, 3.8) is 0 Å². The van der Waals surface area contributed by atoms with Gasteiger partial charge in [0.2, 0.25) is 0 Å². The van der Waals surface area contributed by atoms with Crippen LogP contribution >= 0.6 is 0 Å². The van der Waals surface area contributed by atoms with E-state index in [2.05, 4.69) is 29.2 Å². The van der Waals surface area contributed by atoms with Gasteiger partial charge >= 0.3 is 6.09 Å². The molecule has 1 aliphatic rings. The van der Waals surface area contributed by atoms with E-state index >= 15 is 0 Å². The summed E-state index contributed by atoms with van der Waals surface area (Å²) < 4.78 is 5.33. The third-order valence-corrected chi connectivity index (χ3v) is 4.35. The quantitative estimate of drug-likeness (QED) is 0.799. The SMILES string of the molecule is CC(NC(=O)OC(C)(C)C)C(CN)N(C)C1CCN(C)CC1. The predicted octanol–water partition coefficient (Wildman–Crippen LogP) is 1.25. The highest BCUT2D eigenvalue weighted by molar-refractivity contribution is 5.68. The molecule has 130 valence electrons. The van der Waals surface area contributed by atoms with Crippen molar-refractivity contribution in [2.45, 2.75) is 64.3 Å². The molecule has 6 heteroatoms. The predicted molar refractivity (Wildman–Crippen MR) is 90.0 cm³/mol. The first-order valence-electron chi connectivity index (χ1n) is 8.24. The summed E-state index contributed by atoms with van der Waals surface area (Å²) in [5.74, 6) is 0. The van der Waals surface area contributed by atoms with Gasteiger partial charge in [-0.05, 0) is 67.7 Å². The number of likely N-dealkylation sites (tertiary alicyclic amines) is 1. The Bertz CT molecular complexity index is 349. The molecule has 1 fully saturated rings. The average Bonchev–Trinajstić information content (AvgIpc) is 2.37. The van der Waals surface area contributed by atoms with Gasteiger partial charge in [0.1, 0.15) is 5.60 Å². The summed E-state index contributed by atoms with van der Waals surface area (Å²) in [7, 11) is 4.27. The van der Waals surface area contributed by atoms with Crippen molar-refractivity contribution in [3.8, 4) is 0 Å². The minimum absolute atomic E-state index is 0.0514. The fourth-order valence-corrected chi connectivity index (χ4v) is 2.99. The van der Waals surface area contributed by atoms with Crippen LogP contribution in [0.3, 0.4) is 0 Å². The number of nitrogens with one attached hydrogen (secondary N) is 1. The third-order valence-electron chi connectivity index (χ3n) is 4.35. The second-order valence-electron chi connectivity index (χ2n) is 7.44. The number of amides is 1. The maximum absolute atomic E-state index is 11.9. The number of nitrogens with zero attached hydrogens (tertiary/aromatic N) is 2. The smallest absolute Gasteiger partial charge is 0.407 e. The highest BCUT2D eigenvalue weighted by Gasteiger charge is 2.30. The van der Waals surface area contributed by atoms with Crippen molar-refractivity contribution in [2.75, 3.05) is 33.7 Å². The Morgan fingerprint density at radius 3 is 2.41 bits per heavy atom. The molecule has 6 nitrogen and oxygen atoms in total. The van der Waals surface area contributed by atoms with Crippen LogP contribution in [0.15, 0.2) is 0 Å². The summed E-state index contributed by atoms with van der Waals surface area (Å²) in [5.41, 5.74) is 5.48. The lowest BCUT2D eigenvalue weighted by Gasteiger charge is -2.41. The molecule has 0 aromatic carbocycles. The maximum atomic E-state index is 11.9. The van der Waals surface area contributed by atoms with Gasteiger partial charge in [-0.1, -0.05) is 0 Å². The fraction of sp³-hybridized carbons (Fsp3) is 0.938. The van der Waals surface area contributed by atoms with Crippen molar-refractivity contribution in [1.29, 1.82) is 0 Å². The number of hydrogen-bond donors (Lipinski definition) is 2. The van der Waals surface area contributed by atoms with Gasteiger partial charge in [-0.15, -0.1) is 0 Å². The normalized spacial score (nSPS) is 20.7. The van der Waals surface area contributed by atoms with Gasteiger partial charge in [-0.25, -0.2) is 4.79 Å². The Kier molecular flexibility index (Phi) is 7.09. The van der Waals surface area contributed by atoms with E-state index in [0.717, 1.165) is 25.9 Å². The third kappa shape index (κ3) is 6.10. The Labute approximate surface area is 135 Å². The molecule has 1 saturated heterocycles. The summed E-state index contributed by atoms with van der Waals surface area (Å²) in [6, 6.07) is 0.582. The number of alkyl carbamates (subject to hydrolysis) is 1. The molecule has 0 spiro atoms. The number of carbonyl (C=O) groups excluding carboxylic acids is 1. The number of rotatable bonds is 5. The van der Waals surface area contributed by atoms with Crippen molar-refractivity contribution in [2.24, 2.45) is 5.73 Å². The van der Waals surface area contributed by atoms with Gasteiger partial charge in [-0.3, -0.25) is 4.90 Å². The number of carbonyl (C=O) groups is 1. The highest BCUT2D eigenvalue weighted by Crippen LogP contribution is 2.18. The number of likely N-dealkylation sites (N-methyl/N-ethyl adjacent to an activating group) is 1. The van der Waals surface area contributed by atoms with Crippen molar-refractivity contribution < 1.29 is 9.53 Å². The largest absolute Gasteiger partial charge is 0.444 e. The van der Waals surface area contributed by atoms with E-state index in [-0.39, 0.29) is 18.2 Å². The molecule has 0 aromatic heterocycles. The monoisotopic (exact) mass is 314 g/mol. The molecule has 0 aliphatic carbocycles. The molecule has 0 aromatic rings. The summed E-state index contributed by atoms with van der Waals surface area (Å²) in [4.78, 5) is 16.6. The van der Waals surface area contributed by atoms with E-state index < -0.39 is 5.60 Å². The summed E-state index contributed by atoms with van der Waals surface area (Å²) in [6.07, 6.45) is 1.90. The van der Waals surface area contributed by atoms with Crippen LogP contribution < -0.4 is 11.1 Å². The van der Waals surface area contributed by atoms with Gasteiger partial charge < -0.3 is 20.7 Å². The van der Waals surface area contributed by atoms with E-state index in [0.29, 0.717) is 12.6 Å². The molecule has 1 rings (SSSR count). The van der Waals surface area contributed by atoms with Gasteiger partial charge in [0.15, 0.2) is 0 Å². The van der Waals surface area contributed by atoms with Gasteiger partial charge in [0.25, 0.3) is 0 Å². The van der Waals surface area contributed by atoms with Crippen LogP contribution in [0.25, 0.3) is 0 Å². The molecular weight excluding hydrogens is 280 g/mol. The van der Waals surface area contributed by atoms with E-state index in [1.165, 1.54) is 0 Å². The molecule has 0 bridgehead atoms. The average molecular weight is 314 g/mol. The van der Waals surface area contributed by atoms with E-state index in [4.69, 9.17) is 10.5 Å². The van der Waals surface area contributed by atoms with Crippen LogP contribution in [0.5, 0.6) is 0 Å². The Morgan fingerprint density at radius 1 is 1.41 bits per heavy atom. The van der Waals surface area contributed by atoms with Crippen molar-refractivity contribution in [1.82, 2.24) is 15.1 Å². The Hall–Kier alpha value is -0.850. The summed E-state index contributed by atoms with van der Waals surface area (Å²) in [5, 5.41) is 2.92. The molecule has 0 saturated carbocycles. The number of ether oxygens (including phenoxy) is 1. The molecule has 2 atom stereocenters. The summed E-state index contributed by atoms with van der Waals surface area (Å²) >= 11 is 0. The minimum atomic E-state index is -0.484. The molecule has 1 amide bonds. The van der Waals surface area contributed by atoms with Gasteiger partial charge in [-0.2, -0.15) is 0 Å². The van der Waals surface area contributed by atoms with E-state index in [9.17, 15) is 4.79 Å². The lowest BCUT2D eigenvalue weighted by Crippen LogP contribution is -2.57. The zero-order chi connectivity index (χ0) is 16.9. The molecule has 1 aliphatic heterocycles. The zero-order valence-electron chi connectivity index (χ0n) is 15.1. The lowest BCUT2D eigenvalue weighted by molar-refractivity contribution is 0.0440. The van der Waals surface area contributed by atoms with Crippen LogP contribution in [-0.4, -0.2) is 73.3 Å². The minimum Gasteiger partial charge on any atom is -0.444 e. The Balaban J connectivity index is 2.56. The first-order chi connectivity index (χ1) is 10.1. The van der Waals surface area contributed by atoms with Gasteiger partial charge in [0.05, 0.1) is 0 Å². The molecule has 0 radical (unpaired) electrons. The molecule has 2 unspecified atom stereocenters. The molecule has 22 heavy (non-hydrogen) atoms. The standard InChI is InChI=1S/C16H34N4O2/c1-12(18-15(21)22-16(2,3)4)14(11-17)20(6)13-7-9-19(5)10-8-13/h12-14H,7-11,17H2,1-6H3,(H,18,21). The lowest BCUT2D eigenvalue weighted by atomic mass is 9.99. The van der Waals surface area contributed by atoms with Crippen molar-refractivity contribution in [3.05, 3.63) is 0 Å². The zero-order valence-corrected chi connectivity index (χ0v) is 15.1. The second-order valence-corrected chi connectivity index (χ2v) is 7.44. The number of hydrogen-bond acceptors (Lipinski definition) is 5. The topological polar surface area (TPSA) is 70.8 Å². The van der Waals surface area contributed by atoms with E-state index in [1.54, 1.807) is 0 Å². The molecule has 3 N–H and O–H groups in total. The van der Waals surface area contributed by atoms with Crippen LogP contribution in [0.4, 0.5) is 4.79 Å². The van der Waals surface area contributed by atoms with Crippen LogP contribution in [0.2, 0.25) is 0 Å². The first kappa shape index (κ1) is 19.2. The van der Waals surface area contributed by atoms with Crippen molar-refractivity contribution >= 4 is 6.09 Å². The second kappa shape index (κ2) is 8.13. The van der Waals surface area contributed by atoms with Crippen LogP contribution in [0.1, 0.15) is 40.5 Å². The van der Waals surface area contributed by atoms with E-state index in [1.807, 2.05) is 27.7 Å². The molecule has 1 heterocycles. The Morgan fingerprint density at radius 2 is 1.95 bits per heavy atom. The first-order valence-corrected chi connectivity index (χ1v) is 8.24. The highest BCUT2D eigenvalue weighted by atomic mass is 16.6. The van der Waals surface area contributed by atoms with Crippen LogP contribution in [-0.2, 0) is 4.74 Å². The number of piperidine rings is 1. The molecular formula is C16H34N4O2. The van der Waals surface area contributed by atoms with Crippen LogP contribution in [0, 0.1) is 0 Å².